The maximum Gasteiger partial charge on any atom is 0.338 e. The minimum absolute atomic E-state index is 0.107. The Morgan fingerprint density at radius 3 is 2.62 bits per heavy atom. The number of nitro benzene ring substituents is 1. The van der Waals surface area contributed by atoms with Gasteiger partial charge in [0, 0.05) is 17.3 Å². The van der Waals surface area contributed by atoms with E-state index in [2.05, 4.69) is 5.32 Å². The van der Waals surface area contributed by atoms with Gasteiger partial charge in [0.25, 0.3) is 11.6 Å². The van der Waals surface area contributed by atoms with Crippen LogP contribution < -0.4 is 5.32 Å². The fourth-order valence-corrected chi connectivity index (χ4v) is 2.18. The molecule has 1 atom stereocenters. The minimum atomic E-state index is -1.09. The Bertz CT molecular complexity index is 917. The highest BCUT2D eigenvalue weighted by molar-refractivity contribution is 5.97. The van der Waals surface area contributed by atoms with Gasteiger partial charge in [-0.15, -0.1) is 0 Å². The Kier molecular flexibility index (Phi) is 5.65. The van der Waals surface area contributed by atoms with Crippen LogP contribution in [-0.4, -0.2) is 22.9 Å². The first-order valence-electron chi connectivity index (χ1n) is 7.59. The number of benzene rings is 2. The summed E-state index contributed by atoms with van der Waals surface area (Å²) in [7, 11) is 0. The number of amides is 1. The fourth-order valence-electron chi connectivity index (χ4n) is 2.18. The molecule has 1 unspecified atom stereocenters. The van der Waals surface area contributed by atoms with Crippen LogP contribution in [0.4, 0.5) is 11.4 Å². The van der Waals surface area contributed by atoms with Gasteiger partial charge in [0.2, 0.25) is 0 Å². The molecule has 0 aromatic heterocycles. The first-order chi connectivity index (χ1) is 12.3. The highest BCUT2D eigenvalue weighted by Gasteiger charge is 2.21. The van der Waals surface area contributed by atoms with Gasteiger partial charge in [-0.2, -0.15) is 5.26 Å². The molecule has 1 N–H and O–H groups in total. The van der Waals surface area contributed by atoms with E-state index in [1.54, 1.807) is 18.2 Å². The highest BCUT2D eigenvalue weighted by atomic mass is 16.6. The Morgan fingerprint density at radius 2 is 2.00 bits per heavy atom. The molecule has 0 fully saturated rings. The van der Waals surface area contributed by atoms with E-state index in [0.717, 1.165) is 0 Å². The van der Waals surface area contributed by atoms with Crippen molar-refractivity contribution in [1.29, 1.82) is 5.26 Å². The molecule has 2 aromatic carbocycles. The molecule has 0 heterocycles. The Morgan fingerprint density at radius 1 is 1.27 bits per heavy atom. The molecule has 0 saturated heterocycles. The van der Waals surface area contributed by atoms with Crippen LogP contribution in [0.2, 0.25) is 0 Å². The van der Waals surface area contributed by atoms with Crippen LogP contribution in [0.5, 0.6) is 0 Å². The molecule has 26 heavy (non-hydrogen) atoms. The second kappa shape index (κ2) is 7.90. The predicted octanol–water partition coefficient (Wildman–Crippen LogP) is 2.96. The molecule has 0 spiro atoms. The monoisotopic (exact) mass is 353 g/mol. The summed E-state index contributed by atoms with van der Waals surface area (Å²) in [4.78, 5) is 34.5. The number of carbonyl (C=O) groups excluding carboxylic acids is 2. The summed E-state index contributed by atoms with van der Waals surface area (Å²) in [5.41, 5.74) is 1.11. The molecule has 0 aliphatic heterocycles. The van der Waals surface area contributed by atoms with E-state index in [9.17, 15) is 19.7 Å². The van der Waals surface area contributed by atoms with E-state index in [-0.39, 0.29) is 11.3 Å². The van der Waals surface area contributed by atoms with Gasteiger partial charge in [-0.3, -0.25) is 14.9 Å². The second-order valence-corrected chi connectivity index (χ2v) is 5.49. The van der Waals surface area contributed by atoms with Gasteiger partial charge in [-0.25, -0.2) is 4.79 Å². The summed E-state index contributed by atoms with van der Waals surface area (Å²) in [6, 6.07) is 12.1. The molecule has 0 bridgehead atoms. The average Bonchev–Trinajstić information content (AvgIpc) is 2.61. The van der Waals surface area contributed by atoms with Gasteiger partial charge in [-0.1, -0.05) is 6.07 Å². The number of hydrogen-bond donors (Lipinski definition) is 1. The summed E-state index contributed by atoms with van der Waals surface area (Å²) < 4.78 is 5.10. The van der Waals surface area contributed by atoms with Gasteiger partial charge < -0.3 is 10.1 Å². The standard InChI is InChI=1S/C18H15N3O5/c1-11-8-14(6-7-16(11)21(24)25)18(23)26-12(2)17(22)20-15-5-3-4-13(9-15)10-19/h3-9,12H,1-2H3,(H,20,22). The van der Waals surface area contributed by atoms with Crippen molar-refractivity contribution in [2.75, 3.05) is 5.32 Å². The van der Waals surface area contributed by atoms with Crippen molar-refractivity contribution in [2.24, 2.45) is 0 Å². The van der Waals surface area contributed by atoms with Crippen molar-refractivity contribution in [2.45, 2.75) is 20.0 Å². The lowest BCUT2D eigenvalue weighted by molar-refractivity contribution is -0.385. The van der Waals surface area contributed by atoms with Gasteiger partial charge in [0.1, 0.15) is 0 Å². The van der Waals surface area contributed by atoms with E-state index in [4.69, 9.17) is 10.00 Å². The maximum atomic E-state index is 12.1. The Labute approximate surface area is 149 Å². The Balaban J connectivity index is 2.04. The fraction of sp³-hybridized carbons (Fsp3) is 0.167. The van der Waals surface area contributed by atoms with E-state index >= 15 is 0 Å². The van der Waals surface area contributed by atoms with Crippen LogP contribution in [0.3, 0.4) is 0 Å². The minimum Gasteiger partial charge on any atom is -0.449 e. The number of esters is 1. The number of nitro groups is 1. The van der Waals surface area contributed by atoms with Crippen LogP contribution >= 0.6 is 0 Å². The van der Waals surface area contributed by atoms with E-state index < -0.39 is 22.9 Å². The number of nitriles is 1. The zero-order chi connectivity index (χ0) is 19.3. The van der Waals surface area contributed by atoms with Crippen LogP contribution in [0.1, 0.15) is 28.4 Å². The van der Waals surface area contributed by atoms with Crippen LogP contribution in [0.25, 0.3) is 0 Å². The number of aryl methyl sites for hydroxylation is 1. The van der Waals surface area contributed by atoms with Crippen molar-refractivity contribution in [1.82, 2.24) is 0 Å². The molecule has 2 rings (SSSR count). The summed E-state index contributed by atoms with van der Waals surface area (Å²) in [6.45, 7) is 2.91. The molecule has 132 valence electrons. The number of rotatable bonds is 5. The third-order valence-corrected chi connectivity index (χ3v) is 3.54. The molecule has 0 saturated carbocycles. The summed E-state index contributed by atoms with van der Waals surface area (Å²) >= 11 is 0. The molecule has 0 aliphatic carbocycles. The summed E-state index contributed by atoms with van der Waals surface area (Å²) in [6.07, 6.45) is -1.09. The summed E-state index contributed by atoms with van der Waals surface area (Å²) in [5, 5.41) is 22.2. The molecule has 0 radical (unpaired) electrons. The van der Waals surface area contributed by atoms with Crippen LogP contribution in [0.15, 0.2) is 42.5 Å². The first-order valence-corrected chi connectivity index (χ1v) is 7.59. The van der Waals surface area contributed by atoms with E-state index in [0.29, 0.717) is 16.8 Å². The van der Waals surface area contributed by atoms with Crippen molar-refractivity contribution in [3.8, 4) is 6.07 Å². The molecule has 8 nitrogen and oxygen atoms in total. The lowest BCUT2D eigenvalue weighted by Crippen LogP contribution is -2.30. The predicted molar refractivity (Wildman–Crippen MR) is 92.5 cm³/mol. The van der Waals surface area contributed by atoms with Crippen molar-refractivity contribution in [3.05, 3.63) is 69.3 Å². The normalized spacial score (nSPS) is 11.1. The topological polar surface area (TPSA) is 122 Å². The Hall–Kier alpha value is -3.73. The zero-order valence-corrected chi connectivity index (χ0v) is 14.1. The maximum absolute atomic E-state index is 12.1. The van der Waals surface area contributed by atoms with Crippen LogP contribution in [0, 0.1) is 28.4 Å². The van der Waals surface area contributed by atoms with Gasteiger partial charge in [0.05, 0.1) is 22.1 Å². The number of anilines is 1. The number of carbonyl (C=O) groups is 2. The molecular weight excluding hydrogens is 338 g/mol. The molecule has 8 heteroatoms. The molecule has 0 aliphatic rings. The summed E-state index contributed by atoms with van der Waals surface area (Å²) in [5.74, 6) is -1.33. The number of nitrogens with one attached hydrogen (secondary N) is 1. The van der Waals surface area contributed by atoms with E-state index in [1.807, 2.05) is 6.07 Å². The molecule has 1 amide bonds. The third-order valence-electron chi connectivity index (χ3n) is 3.54. The van der Waals surface area contributed by atoms with Crippen molar-refractivity contribution < 1.29 is 19.2 Å². The number of hydrogen-bond acceptors (Lipinski definition) is 6. The van der Waals surface area contributed by atoms with Gasteiger partial charge in [0.15, 0.2) is 6.10 Å². The van der Waals surface area contributed by atoms with E-state index in [1.165, 1.54) is 38.1 Å². The molecular formula is C18H15N3O5. The smallest absolute Gasteiger partial charge is 0.338 e. The highest BCUT2D eigenvalue weighted by Crippen LogP contribution is 2.19. The molecule has 2 aromatic rings. The lowest BCUT2D eigenvalue weighted by Gasteiger charge is -2.14. The van der Waals surface area contributed by atoms with Gasteiger partial charge >= 0.3 is 5.97 Å². The first kappa shape index (κ1) is 18.6. The van der Waals surface area contributed by atoms with Gasteiger partial charge in [-0.05, 0) is 44.2 Å². The number of ether oxygens (including phenoxy) is 1. The quantitative estimate of drug-likeness (QED) is 0.501. The third kappa shape index (κ3) is 4.42. The largest absolute Gasteiger partial charge is 0.449 e. The number of nitrogens with zero attached hydrogens (tertiary/aromatic N) is 2. The van der Waals surface area contributed by atoms with Crippen LogP contribution in [-0.2, 0) is 9.53 Å². The van der Waals surface area contributed by atoms with Crippen molar-refractivity contribution in [3.63, 3.8) is 0 Å². The lowest BCUT2D eigenvalue weighted by atomic mass is 10.1. The second-order valence-electron chi connectivity index (χ2n) is 5.49. The zero-order valence-electron chi connectivity index (χ0n) is 14.1. The SMILES string of the molecule is Cc1cc(C(=O)OC(C)C(=O)Nc2cccc(C#N)c2)ccc1[N+](=O)[O-]. The average molecular weight is 353 g/mol. The van der Waals surface area contributed by atoms with Crippen molar-refractivity contribution >= 4 is 23.3 Å².